The number of anilines is 2. The lowest BCUT2D eigenvalue weighted by molar-refractivity contribution is -0.141. The molecule has 0 atom stereocenters. The molecular formula is C19H24F2N2O2S. The van der Waals surface area contributed by atoms with Crippen LogP contribution in [0, 0.1) is 18.6 Å². The number of aryl methyl sites for hydroxylation is 1. The highest BCUT2D eigenvalue weighted by molar-refractivity contribution is 7.15. The van der Waals surface area contributed by atoms with Gasteiger partial charge in [-0.3, -0.25) is 4.79 Å². The van der Waals surface area contributed by atoms with Crippen molar-refractivity contribution in [3.63, 3.8) is 0 Å². The van der Waals surface area contributed by atoms with Gasteiger partial charge in [0.1, 0.15) is 11.6 Å². The summed E-state index contributed by atoms with van der Waals surface area (Å²) in [5.74, 6) is -1.53. The average Bonchev–Trinajstić information content (AvgIpc) is 2.99. The first-order chi connectivity index (χ1) is 12.3. The lowest BCUT2D eigenvalue weighted by Gasteiger charge is -2.30. The first kappa shape index (κ1) is 20.3. The number of nitrogens with one attached hydrogen (secondary N) is 1. The topological polar surface area (TPSA) is 51.2 Å². The molecule has 4 nitrogen and oxygen atoms in total. The van der Waals surface area contributed by atoms with Gasteiger partial charge in [0.2, 0.25) is 0 Å². The lowest BCUT2D eigenvalue weighted by Crippen LogP contribution is -2.27. The van der Waals surface area contributed by atoms with Crippen molar-refractivity contribution < 1.29 is 18.3 Å². The van der Waals surface area contributed by atoms with Gasteiger partial charge in [0.15, 0.2) is 5.13 Å². The number of ether oxygens (including phenoxy) is 1. The Kier molecular flexibility index (Phi) is 6.69. The number of thiazole rings is 1. The van der Waals surface area contributed by atoms with E-state index in [4.69, 9.17) is 4.74 Å². The molecule has 0 unspecified atom stereocenters. The second-order valence-corrected chi connectivity index (χ2v) is 7.44. The van der Waals surface area contributed by atoms with Crippen LogP contribution >= 0.6 is 11.3 Å². The third-order valence-electron chi connectivity index (χ3n) is 4.86. The maximum atomic E-state index is 13.9. The highest BCUT2D eigenvalue weighted by Crippen LogP contribution is 2.41. The first-order valence-corrected chi connectivity index (χ1v) is 9.43. The van der Waals surface area contributed by atoms with Gasteiger partial charge in [0.25, 0.3) is 0 Å². The fraction of sp³-hybridized carbons (Fsp3) is 0.474. The molecule has 0 fully saturated rings. The summed E-state index contributed by atoms with van der Waals surface area (Å²) in [7, 11) is 1.38. The summed E-state index contributed by atoms with van der Waals surface area (Å²) in [5, 5.41) is 3.48. The van der Waals surface area contributed by atoms with Gasteiger partial charge in [-0.2, -0.15) is 0 Å². The van der Waals surface area contributed by atoms with E-state index in [1.54, 1.807) is 0 Å². The SMILES string of the molecule is CCC(CC)(CCC(=O)OC)c1nc(Nc2ccc(F)cc2F)sc1C. The summed E-state index contributed by atoms with van der Waals surface area (Å²) < 4.78 is 31.7. The monoisotopic (exact) mass is 382 g/mol. The minimum atomic E-state index is -0.664. The lowest BCUT2D eigenvalue weighted by atomic mass is 9.75. The molecule has 7 heteroatoms. The zero-order chi connectivity index (χ0) is 19.3. The molecule has 2 rings (SSSR count). The number of methoxy groups -OCH3 is 1. The molecule has 0 aliphatic rings. The Morgan fingerprint density at radius 2 is 2.00 bits per heavy atom. The standard InChI is InChI=1S/C19H24F2N2O2S/c1-5-19(6-2,10-9-16(24)25-4)17-12(3)26-18(23-17)22-15-8-7-13(20)11-14(15)21/h7-8,11H,5-6,9-10H2,1-4H3,(H,22,23). The average molecular weight is 382 g/mol. The molecular weight excluding hydrogens is 358 g/mol. The molecule has 0 spiro atoms. The zero-order valence-electron chi connectivity index (χ0n) is 15.5. The van der Waals surface area contributed by atoms with E-state index in [0.717, 1.165) is 29.5 Å². The molecule has 0 bridgehead atoms. The van der Waals surface area contributed by atoms with Crippen molar-refractivity contribution in [2.24, 2.45) is 0 Å². The van der Waals surface area contributed by atoms with E-state index in [0.29, 0.717) is 18.0 Å². The molecule has 0 radical (unpaired) electrons. The van der Waals surface area contributed by atoms with Gasteiger partial charge in [-0.05, 0) is 38.3 Å². The third-order valence-corrected chi connectivity index (χ3v) is 5.75. The number of carbonyl (C=O) groups is 1. The van der Waals surface area contributed by atoms with E-state index in [2.05, 4.69) is 24.1 Å². The van der Waals surface area contributed by atoms with Crippen molar-refractivity contribution in [3.05, 3.63) is 40.4 Å². The normalized spacial score (nSPS) is 11.5. The van der Waals surface area contributed by atoms with E-state index in [-0.39, 0.29) is 17.1 Å². The number of hydrogen-bond donors (Lipinski definition) is 1. The van der Waals surface area contributed by atoms with E-state index < -0.39 is 11.6 Å². The number of halogens is 2. The second-order valence-electron chi connectivity index (χ2n) is 6.24. The van der Waals surface area contributed by atoms with Gasteiger partial charge in [0.05, 0.1) is 18.5 Å². The van der Waals surface area contributed by atoms with Crippen LogP contribution in [0.5, 0.6) is 0 Å². The minimum absolute atomic E-state index is 0.180. The Labute approximate surface area is 156 Å². The van der Waals surface area contributed by atoms with Crippen LogP contribution in [-0.4, -0.2) is 18.1 Å². The fourth-order valence-electron chi connectivity index (χ4n) is 3.15. The minimum Gasteiger partial charge on any atom is -0.469 e. The maximum absolute atomic E-state index is 13.9. The molecule has 1 N–H and O–H groups in total. The summed E-state index contributed by atoms with van der Waals surface area (Å²) >= 11 is 1.42. The summed E-state index contributed by atoms with van der Waals surface area (Å²) in [6, 6.07) is 3.39. The van der Waals surface area contributed by atoms with E-state index in [1.807, 2.05) is 6.92 Å². The second kappa shape index (κ2) is 8.58. The van der Waals surface area contributed by atoms with Crippen molar-refractivity contribution in [3.8, 4) is 0 Å². The van der Waals surface area contributed by atoms with E-state index in [1.165, 1.54) is 30.6 Å². The number of aromatic nitrogens is 1. The largest absolute Gasteiger partial charge is 0.469 e. The first-order valence-electron chi connectivity index (χ1n) is 8.62. The molecule has 142 valence electrons. The van der Waals surface area contributed by atoms with Gasteiger partial charge in [-0.1, -0.05) is 13.8 Å². The van der Waals surface area contributed by atoms with Crippen LogP contribution in [0.4, 0.5) is 19.6 Å². The highest BCUT2D eigenvalue weighted by atomic mass is 32.1. The zero-order valence-corrected chi connectivity index (χ0v) is 16.3. The van der Waals surface area contributed by atoms with Crippen molar-refractivity contribution in [1.82, 2.24) is 4.98 Å². The van der Waals surface area contributed by atoms with Crippen molar-refractivity contribution in [2.75, 3.05) is 12.4 Å². The van der Waals surface area contributed by atoms with E-state index >= 15 is 0 Å². The smallest absolute Gasteiger partial charge is 0.305 e. The Bertz CT molecular complexity index is 773. The van der Waals surface area contributed by atoms with Gasteiger partial charge in [0, 0.05) is 22.8 Å². The molecule has 1 aromatic heterocycles. The van der Waals surface area contributed by atoms with Crippen molar-refractivity contribution >= 4 is 28.1 Å². The third kappa shape index (κ3) is 4.38. The summed E-state index contributed by atoms with van der Waals surface area (Å²) in [6.07, 6.45) is 2.62. The number of hydrogen-bond acceptors (Lipinski definition) is 5. The summed E-state index contributed by atoms with van der Waals surface area (Å²) in [4.78, 5) is 17.3. The maximum Gasteiger partial charge on any atom is 0.305 e. The van der Waals surface area contributed by atoms with Crippen molar-refractivity contribution in [2.45, 2.75) is 51.9 Å². The van der Waals surface area contributed by atoms with Gasteiger partial charge in [-0.25, -0.2) is 13.8 Å². The summed E-state index contributed by atoms with van der Waals surface area (Å²) in [5.41, 5.74) is 0.858. The highest BCUT2D eigenvalue weighted by Gasteiger charge is 2.33. The van der Waals surface area contributed by atoms with Crippen LogP contribution in [-0.2, 0) is 14.9 Å². The molecule has 26 heavy (non-hydrogen) atoms. The number of carbonyl (C=O) groups excluding carboxylic acids is 1. The van der Waals surface area contributed by atoms with Crippen LogP contribution in [0.2, 0.25) is 0 Å². The fourth-order valence-corrected chi connectivity index (χ4v) is 4.09. The van der Waals surface area contributed by atoms with Crippen LogP contribution in [0.25, 0.3) is 0 Å². The predicted molar refractivity (Wildman–Crippen MR) is 100 cm³/mol. The summed E-state index contributed by atoms with van der Waals surface area (Å²) in [6.45, 7) is 6.12. The Morgan fingerprint density at radius 3 is 2.58 bits per heavy atom. The number of benzene rings is 1. The number of rotatable bonds is 8. The van der Waals surface area contributed by atoms with Crippen molar-refractivity contribution in [1.29, 1.82) is 0 Å². The molecule has 0 aliphatic carbocycles. The molecule has 0 saturated heterocycles. The van der Waals surface area contributed by atoms with Gasteiger partial charge in [-0.15, -0.1) is 11.3 Å². The number of esters is 1. The van der Waals surface area contributed by atoms with Crippen LogP contribution in [0.15, 0.2) is 18.2 Å². The quantitative estimate of drug-likeness (QED) is 0.614. The predicted octanol–water partition coefficient (Wildman–Crippen LogP) is 5.48. The molecule has 1 heterocycles. The molecule has 1 aromatic carbocycles. The Balaban J connectivity index is 2.29. The number of nitrogens with zero attached hydrogens (tertiary/aromatic N) is 1. The molecule has 2 aromatic rings. The van der Waals surface area contributed by atoms with Gasteiger partial charge < -0.3 is 10.1 Å². The molecule has 0 amide bonds. The van der Waals surface area contributed by atoms with Crippen LogP contribution in [0.3, 0.4) is 0 Å². The van der Waals surface area contributed by atoms with Crippen LogP contribution < -0.4 is 5.32 Å². The van der Waals surface area contributed by atoms with Gasteiger partial charge >= 0.3 is 5.97 Å². The Hall–Kier alpha value is -2.02. The Morgan fingerprint density at radius 1 is 1.31 bits per heavy atom. The molecule has 0 saturated carbocycles. The van der Waals surface area contributed by atoms with E-state index in [9.17, 15) is 13.6 Å². The molecule has 0 aliphatic heterocycles. The van der Waals surface area contributed by atoms with Crippen LogP contribution in [0.1, 0.15) is 50.1 Å².